The largest absolute Gasteiger partial charge is 0.455 e. The number of hydrogen-bond acceptors (Lipinski definition) is 4. The number of benzene rings is 2. The van der Waals surface area contributed by atoms with Crippen molar-refractivity contribution >= 4 is 23.4 Å². The highest BCUT2D eigenvalue weighted by Crippen LogP contribution is 2.34. The van der Waals surface area contributed by atoms with E-state index in [1.807, 2.05) is 0 Å². The second-order valence-electron chi connectivity index (χ2n) is 7.29. The summed E-state index contributed by atoms with van der Waals surface area (Å²) in [5.74, 6) is -3.89. The molecule has 3 amide bonds. The van der Waals surface area contributed by atoms with Crippen LogP contribution in [0.2, 0.25) is 0 Å². The zero-order valence-corrected chi connectivity index (χ0v) is 17.3. The molecule has 0 aromatic heterocycles. The van der Waals surface area contributed by atoms with Crippen molar-refractivity contribution in [2.45, 2.75) is 19.8 Å². The van der Waals surface area contributed by atoms with Crippen LogP contribution >= 0.6 is 0 Å². The number of aryl methyl sites for hydroxylation is 1. The first-order valence-electron chi connectivity index (χ1n) is 9.83. The van der Waals surface area contributed by atoms with E-state index in [0.717, 1.165) is 23.0 Å². The summed E-state index contributed by atoms with van der Waals surface area (Å²) >= 11 is 0. The monoisotopic (exact) mass is 431 g/mol. The number of para-hydroxylation sites is 1. The summed E-state index contributed by atoms with van der Waals surface area (Å²) < 4.78 is 33.8. The minimum Gasteiger partial charge on any atom is -0.455 e. The van der Waals surface area contributed by atoms with Crippen LogP contribution in [0.15, 0.2) is 36.4 Å². The normalized spacial score (nSPS) is 13.3. The summed E-state index contributed by atoms with van der Waals surface area (Å²) in [4.78, 5) is 39.3. The van der Waals surface area contributed by atoms with E-state index in [1.54, 1.807) is 36.1 Å². The van der Waals surface area contributed by atoms with Gasteiger partial charge in [-0.2, -0.15) is 0 Å². The summed E-state index contributed by atoms with van der Waals surface area (Å²) in [6, 6.07) is 8.36. The van der Waals surface area contributed by atoms with Crippen molar-refractivity contribution in [3.63, 3.8) is 0 Å². The number of halogens is 2. The molecular weight excluding hydrogens is 408 g/mol. The molecule has 1 aliphatic heterocycles. The Kier molecular flexibility index (Phi) is 6.84. The van der Waals surface area contributed by atoms with Gasteiger partial charge in [0.2, 0.25) is 5.91 Å². The van der Waals surface area contributed by atoms with Crippen molar-refractivity contribution in [2.24, 2.45) is 0 Å². The maximum absolute atomic E-state index is 14.4. The van der Waals surface area contributed by atoms with Crippen LogP contribution < -0.4 is 10.1 Å². The highest BCUT2D eigenvalue weighted by molar-refractivity contribution is 6.39. The minimum atomic E-state index is -1.10. The Morgan fingerprint density at radius 1 is 1.19 bits per heavy atom. The average molecular weight is 431 g/mol. The molecule has 3 rings (SSSR count). The van der Waals surface area contributed by atoms with Crippen LogP contribution in [0.3, 0.4) is 0 Å². The van der Waals surface area contributed by atoms with Crippen LogP contribution in [0.25, 0.3) is 0 Å². The van der Waals surface area contributed by atoms with E-state index in [0.29, 0.717) is 31.3 Å². The van der Waals surface area contributed by atoms with Gasteiger partial charge in [0, 0.05) is 45.2 Å². The Bertz CT molecular complexity index is 1010. The van der Waals surface area contributed by atoms with Crippen molar-refractivity contribution < 1.29 is 27.9 Å². The number of carbonyl (C=O) groups is 3. The first kappa shape index (κ1) is 22.2. The van der Waals surface area contributed by atoms with Gasteiger partial charge in [-0.25, -0.2) is 8.78 Å². The summed E-state index contributed by atoms with van der Waals surface area (Å²) in [5.41, 5.74) is 0.280. The van der Waals surface area contributed by atoms with E-state index in [1.165, 1.54) is 7.05 Å². The van der Waals surface area contributed by atoms with Gasteiger partial charge in [0.15, 0.2) is 11.6 Å². The molecule has 2 aromatic rings. The number of anilines is 1. The zero-order chi connectivity index (χ0) is 22.5. The number of nitrogens with one attached hydrogen (secondary N) is 1. The SMILES string of the molecule is Cc1ccccc1Oc1cc(F)cc(F)c1NC(=O)C(=O)N(C)CCN1CCCC1=O. The highest BCUT2D eigenvalue weighted by atomic mass is 19.1. The molecule has 0 aliphatic carbocycles. The molecule has 0 bridgehead atoms. The molecular formula is C22H23F2N3O4. The van der Waals surface area contributed by atoms with Crippen molar-refractivity contribution in [2.75, 3.05) is 32.0 Å². The fourth-order valence-corrected chi connectivity index (χ4v) is 3.19. The number of hydrogen-bond donors (Lipinski definition) is 1. The van der Waals surface area contributed by atoms with Crippen LogP contribution in [0.5, 0.6) is 11.5 Å². The minimum absolute atomic E-state index is 0.0108. The Hall–Kier alpha value is -3.49. The molecule has 1 heterocycles. The first-order valence-corrected chi connectivity index (χ1v) is 9.83. The highest BCUT2D eigenvalue weighted by Gasteiger charge is 2.25. The van der Waals surface area contributed by atoms with Crippen molar-refractivity contribution in [1.82, 2.24) is 9.80 Å². The van der Waals surface area contributed by atoms with Gasteiger partial charge < -0.3 is 19.9 Å². The molecule has 164 valence electrons. The van der Waals surface area contributed by atoms with E-state index in [4.69, 9.17) is 4.74 Å². The second kappa shape index (κ2) is 9.55. The standard InChI is InChI=1S/C22H23F2N3O4/c1-14-6-3-4-7-17(14)31-18-13-15(23)12-16(24)20(18)25-21(29)22(30)26(2)10-11-27-9-5-8-19(27)28/h3-4,6-7,12-13H,5,8-11H2,1-2H3,(H,25,29). The van der Waals surface area contributed by atoms with Crippen molar-refractivity contribution in [3.05, 3.63) is 53.6 Å². The number of rotatable bonds is 6. The Morgan fingerprint density at radius 2 is 1.94 bits per heavy atom. The Balaban J connectivity index is 1.71. The zero-order valence-electron chi connectivity index (χ0n) is 17.3. The number of nitrogens with zero attached hydrogens (tertiary/aromatic N) is 2. The summed E-state index contributed by atoms with van der Waals surface area (Å²) in [6.45, 7) is 2.83. The molecule has 1 N–H and O–H groups in total. The van der Waals surface area contributed by atoms with Gasteiger partial charge in [-0.15, -0.1) is 0 Å². The van der Waals surface area contributed by atoms with Crippen LogP contribution in [-0.4, -0.2) is 54.2 Å². The summed E-state index contributed by atoms with van der Waals surface area (Å²) in [6.07, 6.45) is 1.25. The molecule has 1 aliphatic rings. The lowest BCUT2D eigenvalue weighted by Crippen LogP contribution is -2.41. The maximum Gasteiger partial charge on any atom is 0.314 e. The van der Waals surface area contributed by atoms with E-state index in [2.05, 4.69) is 5.32 Å². The van der Waals surface area contributed by atoms with Crippen LogP contribution in [0.4, 0.5) is 14.5 Å². The fraction of sp³-hybridized carbons (Fsp3) is 0.318. The number of likely N-dealkylation sites (tertiary alicyclic amines) is 1. The number of likely N-dealkylation sites (N-methyl/N-ethyl adjacent to an activating group) is 1. The molecule has 0 spiro atoms. The Labute approximate surface area is 178 Å². The molecule has 7 nitrogen and oxygen atoms in total. The predicted octanol–water partition coefficient (Wildman–Crippen LogP) is 3.08. The second-order valence-corrected chi connectivity index (χ2v) is 7.29. The van der Waals surface area contributed by atoms with E-state index < -0.39 is 29.1 Å². The average Bonchev–Trinajstić information content (AvgIpc) is 3.14. The molecule has 0 unspecified atom stereocenters. The fourth-order valence-electron chi connectivity index (χ4n) is 3.19. The lowest BCUT2D eigenvalue weighted by atomic mass is 10.2. The summed E-state index contributed by atoms with van der Waals surface area (Å²) in [5, 5.41) is 2.19. The molecule has 1 saturated heterocycles. The molecule has 31 heavy (non-hydrogen) atoms. The number of ether oxygens (including phenoxy) is 1. The topological polar surface area (TPSA) is 79.0 Å². The lowest BCUT2D eigenvalue weighted by Gasteiger charge is -2.21. The molecule has 1 fully saturated rings. The molecule has 9 heteroatoms. The van der Waals surface area contributed by atoms with E-state index in [-0.39, 0.29) is 18.2 Å². The van der Waals surface area contributed by atoms with Gasteiger partial charge >= 0.3 is 11.8 Å². The number of amides is 3. The molecule has 0 saturated carbocycles. The Morgan fingerprint density at radius 3 is 2.61 bits per heavy atom. The maximum atomic E-state index is 14.4. The van der Waals surface area contributed by atoms with Gasteiger partial charge in [-0.3, -0.25) is 14.4 Å². The van der Waals surface area contributed by atoms with E-state index >= 15 is 0 Å². The summed E-state index contributed by atoms with van der Waals surface area (Å²) in [7, 11) is 1.41. The van der Waals surface area contributed by atoms with Crippen LogP contribution in [0, 0.1) is 18.6 Å². The third-order valence-electron chi connectivity index (χ3n) is 4.99. The van der Waals surface area contributed by atoms with Gasteiger partial charge in [0.25, 0.3) is 0 Å². The smallest absolute Gasteiger partial charge is 0.314 e. The van der Waals surface area contributed by atoms with Gasteiger partial charge in [-0.1, -0.05) is 18.2 Å². The molecule has 0 radical (unpaired) electrons. The van der Waals surface area contributed by atoms with Gasteiger partial charge in [-0.05, 0) is 25.0 Å². The lowest BCUT2D eigenvalue weighted by molar-refractivity contribution is -0.142. The van der Waals surface area contributed by atoms with Gasteiger partial charge in [0.1, 0.15) is 17.3 Å². The third-order valence-corrected chi connectivity index (χ3v) is 4.99. The number of carbonyl (C=O) groups excluding carboxylic acids is 3. The quantitative estimate of drug-likeness (QED) is 0.713. The van der Waals surface area contributed by atoms with Crippen LogP contribution in [0.1, 0.15) is 18.4 Å². The molecule has 0 atom stereocenters. The van der Waals surface area contributed by atoms with Crippen LogP contribution in [-0.2, 0) is 14.4 Å². The first-order chi connectivity index (χ1) is 14.8. The molecule has 2 aromatic carbocycles. The predicted molar refractivity (Wildman–Crippen MR) is 110 cm³/mol. The van der Waals surface area contributed by atoms with Crippen molar-refractivity contribution in [1.29, 1.82) is 0 Å². The third kappa shape index (κ3) is 5.36. The van der Waals surface area contributed by atoms with Gasteiger partial charge in [0.05, 0.1) is 0 Å². The van der Waals surface area contributed by atoms with E-state index in [9.17, 15) is 23.2 Å². The van der Waals surface area contributed by atoms with Crippen molar-refractivity contribution in [3.8, 4) is 11.5 Å².